The third-order valence-corrected chi connectivity index (χ3v) is 19.4. The van der Waals surface area contributed by atoms with Gasteiger partial charge in [-0.2, -0.15) is 0 Å². The van der Waals surface area contributed by atoms with Crippen molar-refractivity contribution >= 4 is 39.5 Å². The molecule has 0 amide bonds. The van der Waals surface area contributed by atoms with Gasteiger partial charge >= 0.3 is 39.5 Å². The zero-order chi connectivity index (χ0) is 69.3. The molecule has 2 unspecified atom stereocenters. The normalized spacial score (nSPS) is 14.0. The molecule has 0 fully saturated rings. The highest BCUT2D eigenvalue weighted by atomic mass is 31.2. The number of carbonyl (C=O) groups excluding carboxylic acids is 4. The van der Waals surface area contributed by atoms with Crippen molar-refractivity contribution in [1.29, 1.82) is 0 Å². The van der Waals surface area contributed by atoms with Crippen molar-refractivity contribution in [3.8, 4) is 0 Å². The third kappa shape index (κ3) is 68.6. The lowest BCUT2D eigenvalue weighted by atomic mass is 10.0. The van der Waals surface area contributed by atoms with E-state index in [1.807, 2.05) is 0 Å². The van der Waals surface area contributed by atoms with Gasteiger partial charge in [0, 0.05) is 25.7 Å². The van der Waals surface area contributed by atoms with E-state index in [9.17, 15) is 43.2 Å². The van der Waals surface area contributed by atoms with Crippen LogP contribution in [0, 0.1) is 11.8 Å². The standard InChI is InChI=1S/C75H146O17P2/c1-7-9-11-13-15-16-27-35-41-47-53-59-74(79)91-70(63-85-72(77)57-51-45-37-14-12-10-8-2)65-89-93(81,82)87-61-69(76)62-88-94(83,84)90-66-71(64-86-73(78)58-52-46-40-34-30-25-22-21-24-29-33-39-44-50-56-68(5)6)92-75(80)60-54-48-42-36-31-26-20-18-17-19-23-28-32-38-43-49-55-67(3)4/h67-71,76H,7-66H2,1-6H3,(H,81,82)(H,83,84)/t69-,70+,71+/m0/s1. The molecule has 0 bridgehead atoms. The van der Waals surface area contributed by atoms with Gasteiger partial charge < -0.3 is 33.8 Å². The van der Waals surface area contributed by atoms with Gasteiger partial charge in [0.05, 0.1) is 26.4 Å². The number of esters is 4. The van der Waals surface area contributed by atoms with Gasteiger partial charge in [-0.05, 0) is 37.5 Å². The molecule has 94 heavy (non-hydrogen) atoms. The molecule has 0 aliphatic heterocycles. The van der Waals surface area contributed by atoms with E-state index < -0.39 is 97.5 Å². The van der Waals surface area contributed by atoms with Gasteiger partial charge in [0.2, 0.25) is 0 Å². The topological polar surface area (TPSA) is 237 Å². The molecule has 0 radical (unpaired) electrons. The second-order valence-electron chi connectivity index (χ2n) is 28.0. The third-order valence-electron chi connectivity index (χ3n) is 17.5. The maximum absolute atomic E-state index is 13.1. The second kappa shape index (κ2) is 66.9. The number of aliphatic hydroxyl groups is 1. The van der Waals surface area contributed by atoms with E-state index in [-0.39, 0.29) is 25.7 Å². The van der Waals surface area contributed by atoms with Crippen LogP contribution in [-0.4, -0.2) is 96.7 Å². The van der Waals surface area contributed by atoms with E-state index >= 15 is 0 Å². The first kappa shape index (κ1) is 92.1. The highest BCUT2D eigenvalue weighted by molar-refractivity contribution is 7.47. The molecular weight excluding hydrogens is 1230 g/mol. The van der Waals surface area contributed by atoms with Gasteiger partial charge in [-0.15, -0.1) is 0 Å². The number of phosphoric acid groups is 2. The Morgan fingerprint density at radius 2 is 0.489 bits per heavy atom. The average Bonchev–Trinajstić information content (AvgIpc) is 2.52. The maximum atomic E-state index is 13.1. The largest absolute Gasteiger partial charge is 0.472 e. The number of phosphoric ester groups is 2. The Labute approximate surface area is 575 Å². The summed E-state index contributed by atoms with van der Waals surface area (Å²) in [7, 11) is -9.90. The number of carbonyl (C=O) groups is 4. The Bertz CT molecular complexity index is 1820. The molecule has 17 nitrogen and oxygen atoms in total. The van der Waals surface area contributed by atoms with Crippen LogP contribution in [0.3, 0.4) is 0 Å². The van der Waals surface area contributed by atoms with E-state index in [0.29, 0.717) is 25.7 Å². The Morgan fingerprint density at radius 3 is 0.723 bits per heavy atom. The van der Waals surface area contributed by atoms with Crippen LogP contribution in [0.4, 0.5) is 0 Å². The summed E-state index contributed by atoms with van der Waals surface area (Å²) in [5.41, 5.74) is 0. The van der Waals surface area contributed by atoms with Crippen LogP contribution in [0.2, 0.25) is 0 Å². The minimum atomic E-state index is -4.96. The monoisotopic (exact) mass is 1380 g/mol. The van der Waals surface area contributed by atoms with Crippen LogP contribution in [0.25, 0.3) is 0 Å². The van der Waals surface area contributed by atoms with Gasteiger partial charge in [0.25, 0.3) is 0 Å². The van der Waals surface area contributed by atoms with Gasteiger partial charge in [0.1, 0.15) is 19.3 Å². The smallest absolute Gasteiger partial charge is 0.462 e. The fourth-order valence-corrected chi connectivity index (χ4v) is 13.1. The summed E-state index contributed by atoms with van der Waals surface area (Å²) in [6, 6.07) is 0. The number of hydrogen-bond acceptors (Lipinski definition) is 15. The number of hydrogen-bond donors (Lipinski definition) is 3. The van der Waals surface area contributed by atoms with Crippen LogP contribution in [0.15, 0.2) is 0 Å². The summed E-state index contributed by atoms with van der Waals surface area (Å²) >= 11 is 0. The van der Waals surface area contributed by atoms with Gasteiger partial charge in [-0.3, -0.25) is 37.3 Å². The Balaban J connectivity index is 5.18. The van der Waals surface area contributed by atoms with Gasteiger partial charge in [-0.25, -0.2) is 9.13 Å². The zero-order valence-electron chi connectivity index (χ0n) is 61.3. The quantitative estimate of drug-likeness (QED) is 0.0222. The summed E-state index contributed by atoms with van der Waals surface area (Å²) in [6.45, 7) is 9.60. The summed E-state index contributed by atoms with van der Waals surface area (Å²) in [6.07, 6.45) is 54.2. The van der Waals surface area contributed by atoms with Crippen LogP contribution in [-0.2, 0) is 65.4 Å². The first-order chi connectivity index (χ1) is 45.4. The molecule has 0 rings (SSSR count). The predicted molar refractivity (Wildman–Crippen MR) is 381 cm³/mol. The minimum absolute atomic E-state index is 0.107. The summed E-state index contributed by atoms with van der Waals surface area (Å²) in [4.78, 5) is 72.6. The van der Waals surface area contributed by atoms with Crippen LogP contribution >= 0.6 is 15.6 Å². The molecule has 0 saturated carbocycles. The molecule has 0 aromatic heterocycles. The van der Waals surface area contributed by atoms with Crippen LogP contribution in [0.5, 0.6) is 0 Å². The highest BCUT2D eigenvalue weighted by Gasteiger charge is 2.30. The minimum Gasteiger partial charge on any atom is -0.462 e. The zero-order valence-corrected chi connectivity index (χ0v) is 63.1. The van der Waals surface area contributed by atoms with Crippen molar-refractivity contribution in [2.24, 2.45) is 11.8 Å². The number of ether oxygens (including phenoxy) is 4. The van der Waals surface area contributed by atoms with Gasteiger partial charge in [0.15, 0.2) is 12.2 Å². The lowest BCUT2D eigenvalue weighted by molar-refractivity contribution is -0.161. The van der Waals surface area contributed by atoms with E-state index in [1.165, 1.54) is 193 Å². The molecule has 0 aliphatic carbocycles. The molecule has 558 valence electrons. The van der Waals surface area contributed by atoms with Crippen molar-refractivity contribution in [3.05, 3.63) is 0 Å². The summed E-state index contributed by atoms with van der Waals surface area (Å²) in [5, 5.41) is 10.6. The molecule has 3 N–H and O–H groups in total. The number of unbranched alkanes of at least 4 members (excludes halogenated alkanes) is 44. The fourth-order valence-electron chi connectivity index (χ4n) is 11.5. The number of aliphatic hydroxyl groups excluding tert-OH is 1. The van der Waals surface area contributed by atoms with Gasteiger partial charge in [-0.1, -0.05) is 337 Å². The van der Waals surface area contributed by atoms with E-state index in [2.05, 4.69) is 41.5 Å². The van der Waals surface area contributed by atoms with Crippen molar-refractivity contribution in [1.82, 2.24) is 0 Å². The Hall–Kier alpha value is -1.94. The predicted octanol–water partition coefficient (Wildman–Crippen LogP) is 21.9. The van der Waals surface area contributed by atoms with Crippen molar-refractivity contribution in [3.63, 3.8) is 0 Å². The lowest BCUT2D eigenvalue weighted by Crippen LogP contribution is -2.30. The second-order valence-corrected chi connectivity index (χ2v) is 30.9. The van der Waals surface area contributed by atoms with Crippen LogP contribution < -0.4 is 0 Å². The summed E-state index contributed by atoms with van der Waals surface area (Å²) in [5.74, 6) is -0.512. The lowest BCUT2D eigenvalue weighted by Gasteiger charge is -2.21. The summed E-state index contributed by atoms with van der Waals surface area (Å²) < 4.78 is 68.4. The van der Waals surface area contributed by atoms with Crippen molar-refractivity contribution in [2.45, 2.75) is 407 Å². The Morgan fingerprint density at radius 1 is 0.287 bits per heavy atom. The number of rotatable bonds is 74. The van der Waals surface area contributed by atoms with Crippen LogP contribution in [0.1, 0.15) is 388 Å². The highest BCUT2D eigenvalue weighted by Crippen LogP contribution is 2.45. The molecule has 0 aromatic carbocycles. The van der Waals surface area contributed by atoms with E-state index in [0.717, 1.165) is 115 Å². The molecule has 0 aromatic rings. The molecule has 0 spiro atoms. The molecule has 19 heteroatoms. The average molecular weight is 1380 g/mol. The van der Waals surface area contributed by atoms with Crippen molar-refractivity contribution in [2.75, 3.05) is 39.6 Å². The molecule has 0 saturated heterocycles. The molecule has 0 heterocycles. The molecule has 5 atom stereocenters. The van der Waals surface area contributed by atoms with E-state index in [4.69, 9.17) is 37.0 Å². The first-order valence-electron chi connectivity index (χ1n) is 39.0. The SMILES string of the molecule is CCCCCCCCCCCCCC(=O)O[C@H](COC(=O)CCCCCCCCC)COP(=O)(O)OC[C@H](O)COP(=O)(O)OC[C@@H](COC(=O)CCCCCCCCCCCCCCCCC(C)C)OC(=O)CCCCCCCCCCCCCCCCCCC(C)C. The first-order valence-corrected chi connectivity index (χ1v) is 42.0. The fraction of sp³-hybridized carbons (Fsp3) is 0.947. The van der Waals surface area contributed by atoms with E-state index in [1.54, 1.807) is 0 Å². The van der Waals surface area contributed by atoms with Crippen molar-refractivity contribution < 1.29 is 80.2 Å². The molecule has 0 aliphatic rings. The Kier molecular flexibility index (Phi) is 65.5. The molecular formula is C75H146O17P2. The maximum Gasteiger partial charge on any atom is 0.472 e.